The molecule has 118 valence electrons. The van der Waals surface area contributed by atoms with Gasteiger partial charge >= 0.3 is 12.1 Å². The zero-order valence-electron chi connectivity index (χ0n) is 12.2. The predicted molar refractivity (Wildman–Crippen MR) is 74.3 cm³/mol. The third-order valence-corrected chi connectivity index (χ3v) is 4.03. The average molecular weight is 308 g/mol. The average Bonchev–Trinajstić information content (AvgIpc) is 3.13. The quantitative estimate of drug-likeness (QED) is 0.831. The van der Waals surface area contributed by atoms with Crippen molar-refractivity contribution in [3.05, 3.63) is 35.1 Å². The van der Waals surface area contributed by atoms with E-state index in [4.69, 9.17) is 4.74 Å². The predicted octanol–water partition coefficient (Wildman–Crippen LogP) is 1.18. The van der Waals surface area contributed by atoms with Gasteiger partial charge in [-0.15, -0.1) is 0 Å². The van der Waals surface area contributed by atoms with Gasteiger partial charge in [-0.2, -0.15) is 0 Å². The lowest BCUT2D eigenvalue weighted by Gasteiger charge is -2.18. The highest BCUT2D eigenvalue weighted by atomic mass is 19.1. The van der Waals surface area contributed by atoms with E-state index in [0.29, 0.717) is 25.1 Å². The smallest absolute Gasteiger partial charge is 0.410 e. The van der Waals surface area contributed by atoms with E-state index >= 15 is 0 Å². The van der Waals surface area contributed by atoms with Crippen molar-refractivity contribution in [2.24, 2.45) is 0 Å². The molecule has 3 rings (SSSR count). The number of benzene rings is 1. The first kappa shape index (κ1) is 14.8. The van der Waals surface area contributed by atoms with Gasteiger partial charge in [0.1, 0.15) is 18.0 Å². The summed E-state index contributed by atoms with van der Waals surface area (Å²) in [6.07, 6.45) is -0.494. The summed E-state index contributed by atoms with van der Waals surface area (Å²) < 4.78 is 23.7. The molecule has 1 saturated heterocycles. The maximum absolute atomic E-state index is 13.7. The van der Waals surface area contributed by atoms with Gasteiger partial charge in [0.2, 0.25) is 0 Å². The van der Waals surface area contributed by atoms with Crippen LogP contribution in [0.15, 0.2) is 18.2 Å². The van der Waals surface area contributed by atoms with Crippen molar-refractivity contribution in [2.45, 2.75) is 31.7 Å². The van der Waals surface area contributed by atoms with Crippen molar-refractivity contribution in [3.63, 3.8) is 0 Å². The molecule has 2 unspecified atom stereocenters. The number of hydrogen-bond donors (Lipinski definition) is 1. The molecule has 1 aromatic rings. The monoisotopic (exact) mass is 308 g/mol. The standard InChI is InChI=1S/C15H17FN2O4/c1-21-14(19)13-5-10(6-17-13)22-15(20)18-7-9-3-2-4-12(16)11(9)8-18/h2-4,10,13,17H,5-8H2,1H3. The topological polar surface area (TPSA) is 67.9 Å². The molecule has 2 atom stereocenters. The Morgan fingerprint density at radius 1 is 1.36 bits per heavy atom. The van der Waals surface area contributed by atoms with Crippen molar-refractivity contribution < 1.29 is 23.5 Å². The molecule has 7 heteroatoms. The highest BCUT2D eigenvalue weighted by Crippen LogP contribution is 2.26. The largest absolute Gasteiger partial charge is 0.468 e. The zero-order chi connectivity index (χ0) is 15.7. The van der Waals surface area contributed by atoms with Crippen LogP contribution in [-0.2, 0) is 27.4 Å². The highest BCUT2D eigenvalue weighted by Gasteiger charge is 2.34. The fourth-order valence-electron chi connectivity index (χ4n) is 2.84. The third kappa shape index (κ3) is 2.76. The Hall–Kier alpha value is -2.15. The molecule has 1 N–H and O–H groups in total. The number of halogens is 1. The van der Waals surface area contributed by atoms with Crippen molar-refractivity contribution in [1.82, 2.24) is 10.2 Å². The summed E-state index contributed by atoms with van der Waals surface area (Å²) in [5.74, 6) is -0.671. The first-order valence-electron chi connectivity index (χ1n) is 7.11. The lowest BCUT2D eigenvalue weighted by molar-refractivity contribution is -0.142. The van der Waals surface area contributed by atoms with Gasteiger partial charge in [-0.1, -0.05) is 12.1 Å². The van der Waals surface area contributed by atoms with Crippen LogP contribution in [0.2, 0.25) is 0 Å². The van der Waals surface area contributed by atoms with Crippen molar-refractivity contribution in [1.29, 1.82) is 0 Å². The molecule has 0 spiro atoms. The Kier molecular flexibility index (Phi) is 3.98. The van der Waals surface area contributed by atoms with Crippen LogP contribution >= 0.6 is 0 Å². The Labute approximate surface area is 127 Å². The van der Waals surface area contributed by atoms with E-state index < -0.39 is 12.1 Å². The normalized spacial score (nSPS) is 23.3. The van der Waals surface area contributed by atoms with E-state index in [-0.39, 0.29) is 24.4 Å². The number of nitrogens with one attached hydrogen (secondary N) is 1. The maximum atomic E-state index is 13.7. The molecule has 1 amide bonds. The molecule has 2 heterocycles. The van der Waals surface area contributed by atoms with Crippen molar-refractivity contribution in [3.8, 4) is 0 Å². The second-order valence-corrected chi connectivity index (χ2v) is 5.46. The Bertz CT molecular complexity index is 607. The zero-order valence-corrected chi connectivity index (χ0v) is 12.2. The number of rotatable bonds is 2. The van der Waals surface area contributed by atoms with Crippen LogP contribution in [0.3, 0.4) is 0 Å². The van der Waals surface area contributed by atoms with Crippen LogP contribution < -0.4 is 5.32 Å². The molecule has 0 bridgehead atoms. The van der Waals surface area contributed by atoms with Crippen LogP contribution in [0.25, 0.3) is 0 Å². The lowest BCUT2D eigenvalue weighted by atomic mass is 10.1. The number of nitrogens with zero attached hydrogens (tertiary/aromatic N) is 1. The Morgan fingerprint density at radius 2 is 2.18 bits per heavy atom. The molecule has 0 aliphatic carbocycles. The Morgan fingerprint density at radius 3 is 2.91 bits per heavy atom. The van der Waals surface area contributed by atoms with Crippen molar-refractivity contribution in [2.75, 3.05) is 13.7 Å². The van der Waals surface area contributed by atoms with Gasteiger partial charge in [-0.3, -0.25) is 9.69 Å². The molecule has 0 radical (unpaired) electrons. The number of carbonyl (C=O) groups is 2. The maximum Gasteiger partial charge on any atom is 0.410 e. The molecule has 0 aromatic heterocycles. The molecular formula is C15H17FN2O4. The van der Waals surface area contributed by atoms with Gasteiger partial charge in [0, 0.05) is 25.1 Å². The highest BCUT2D eigenvalue weighted by molar-refractivity contribution is 5.76. The number of ether oxygens (including phenoxy) is 2. The van der Waals surface area contributed by atoms with E-state index in [1.54, 1.807) is 12.1 Å². The summed E-state index contributed by atoms with van der Waals surface area (Å²) in [4.78, 5) is 25.0. The summed E-state index contributed by atoms with van der Waals surface area (Å²) >= 11 is 0. The molecule has 6 nitrogen and oxygen atoms in total. The minimum absolute atomic E-state index is 0.210. The summed E-state index contributed by atoms with van der Waals surface area (Å²) in [7, 11) is 1.32. The van der Waals surface area contributed by atoms with E-state index in [0.717, 1.165) is 5.56 Å². The van der Waals surface area contributed by atoms with Gasteiger partial charge in [0.25, 0.3) is 0 Å². The van der Waals surface area contributed by atoms with E-state index in [2.05, 4.69) is 10.1 Å². The van der Waals surface area contributed by atoms with Crippen LogP contribution in [0.1, 0.15) is 17.5 Å². The number of fused-ring (bicyclic) bond motifs is 1. The summed E-state index contributed by atoms with van der Waals surface area (Å²) in [5, 5.41) is 2.95. The first-order valence-corrected chi connectivity index (χ1v) is 7.11. The summed E-state index contributed by atoms with van der Waals surface area (Å²) in [6.45, 7) is 0.953. The molecule has 22 heavy (non-hydrogen) atoms. The van der Waals surface area contributed by atoms with Gasteiger partial charge in [-0.25, -0.2) is 9.18 Å². The van der Waals surface area contributed by atoms with Crippen LogP contribution in [0.4, 0.5) is 9.18 Å². The molecular weight excluding hydrogens is 291 g/mol. The fourth-order valence-corrected chi connectivity index (χ4v) is 2.84. The SMILES string of the molecule is COC(=O)C1CC(OC(=O)N2Cc3cccc(F)c3C2)CN1. The van der Waals surface area contributed by atoms with Gasteiger partial charge in [0.05, 0.1) is 13.7 Å². The minimum Gasteiger partial charge on any atom is -0.468 e. The molecule has 1 fully saturated rings. The van der Waals surface area contributed by atoms with Crippen LogP contribution in [0, 0.1) is 5.82 Å². The van der Waals surface area contributed by atoms with Gasteiger partial charge < -0.3 is 14.8 Å². The molecule has 0 saturated carbocycles. The van der Waals surface area contributed by atoms with E-state index in [1.165, 1.54) is 18.1 Å². The van der Waals surface area contributed by atoms with Gasteiger partial charge in [0.15, 0.2) is 0 Å². The summed E-state index contributed by atoms with van der Waals surface area (Å²) in [5.41, 5.74) is 1.34. The minimum atomic E-state index is -0.493. The number of methoxy groups -OCH3 is 1. The fraction of sp³-hybridized carbons (Fsp3) is 0.467. The van der Waals surface area contributed by atoms with Gasteiger partial charge in [-0.05, 0) is 11.6 Å². The van der Waals surface area contributed by atoms with Crippen LogP contribution in [-0.4, -0.2) is 42.8 Å². The number of amides is 1. The van der Waals surface area contributed by atoms with E-state index in [1.807, 2.05) is 0 Å². The third-order valence-electron chi connectivity index (χ3n) is 4.03. The van der Waals surface area contributed by atoms with Crippen molar-refractivity contribution >= 4 is 12.1 Å². The second-order valence-electron chi connectivity index (χ2n) is 5.46. The number of hydrogen-bond acceptors (Lipinski definition) is 5. The molecule has 1 aromatic carbocycles. The number of carbonyl (C=O) groups excluding carboxylic acids is 2. The first-order chi connectivity index (χ1) is 10.6. The Balaban J connectivity index is 1.56. The second kappa shape index (κ2) is 5.92. The molecule has 2 aliphatic heterocycles. The number of esters is 1. The summed E-state index contributed by atoms with van der Waals surface area (Å²) in [6, 6.07) is 4.37. The lowest BCUT2D eigenvalue weighted by Crippen LogP contribution is -2.31. The van der Waals surface area contributed by atoms with E-state index in [9.17, 15) is 14.0 Å². The molecule has 2 aliphatic rings. The van der Waals surface area contributed by atoms with Crippen LogP contribution in [0.5, 0.6) is 0 Å².